The molecule has 7 nitrogen and oxygen atoms in total. The summed E-state index contributed by atoms with van der Waals surface area (Å²) in [6.07, 6.45) is 2.27. The first-order valence-corrected chi connectivity index (χ1v) is 7.18. The third kappa shape index (κ3) is 4.47. The maximum Gasteiger partial charge on any atom is 0.259 e. The van der Waals surface area contributed by atoms with Crippen molar-refractivity contribution in [2.75, 3.05) is 33.1 Å². The summed E-state index contributed by atoms with van der Waals surface area (Å²) >= 11 is 1.38. The van der Waals surface area contributed by atoms with Gasteiger partial charge in [0.05, 0.1) is 12.7 Å². The van der Waals surface area contributed by atoms with Crippen LogP contribution in [-0.4, -0.2) is 53.7 Å². The summed E-state index contributed by atoms with van der Waals surface area (Å²) in [4.78, 5) is 18.1. The van der Waals surface area contributed by atoms with Crippen LogP contribution in [0.4, 0.5) is 5.13 Å². The quantitative estimate of drug-likeness (QED) is 0.866. The standard InChI is InChI=1S/C13H17N5O2S/c1-18(2)7-6-11-16-17-13(21-11)15-12(19)9-4-5-10(20-3)14-8-9/h4-5,8H,6-7H2,1-3H3,(H,15,17,19). The minimum atomic E-state index is -0.263. The topological polar surface area (TPSA) is 80.2 Å². The molecule has 0 radical (unpaired) electrons. The summed E-state index contributed by atoms with van der Waals surface area (Å²) in [5, 5.41) is 12.1. The first-order chi connectivity index (χ1) is 10.1. The summed E-state index contributed by atoms with van der Waals surface area (Å²) < 4.78 is 4.95. The lowest BCUT2D eigenvalue weighted by molar-refractivity contribution is 0.102. The number of pyridine rings is 1. The Bertz CT molecular complexity index is 597. The molecule has 1 N–H and O–H groups in total. The third-order valence-corrected chi connectivity index (χ3v) is 3.57. The van der Waals surface area contributed by atoms with Gasteiger partial charge in [0.2, 0.25) is 11.0 Å². The van der Waals surface area contributed by atoms with Crippen LogP contribution in [-0.2, 0) is 6.42 Å². The Kier molecular flexibility index (Phi) is 5.18. The number of aromatic nitrogens is 3. The first-order valence-electron chi connectivity index (χ1n) is 6.37. The molecule has 0 bridgehead atoms. The van der Waals surface area contributed by atoms with Crippen molar-refractivity contribution in [2.24, 2.45) is 0 Å². The second-order valence-corrected chi connectivity index (χ2v) is 5.66. The summed E-state index contributed by atoms with van der Waals surface area (Å²) in [6, 6.07) is 3.28. The normalized spacial score (nSPS) is 10.7. The van der Waals surface area contributed by atoms with E-state index in [1.54, 1.807) is 12.1 Å². The molecule has 0 saturated heterocycles. The summed E-state index contributed by atoms with van der Waals surface area (Å²) in [5.41, 5.74) is 0.445. The van der Waals surface area contributed by atoms with Crippen molar-refractivity contribution in [3.63, 3.8) is 0 Å². The lowest BCUT2D eigenvalue weighted by Gasteiger charge is -2.05. The number of anilines is 1. The molecule has 21 heavy (non-hydrogen) atoms. The van der Waals surface area contributed by atoms with Crippen LogP contribution in [0.2, 0.25) is 0 Å². The fourth-order valence-electron chi connectivity index (χ4n) is 1.53. The lowest BCUT2D eigenvalue weighted by atomic mass is 10.3. The zero-order valence-electron chi connectivity index (χ0n) is 12.2. The van der Waals surface area contributed by atoms with Gasteiger partial charge in [-0.15, -0.1) is 10.2 Å². The molecule has 0 unspecified atom stereocenters. The van der Waals surface area contributed by atoms with Crippen LogP contribution in [0.1, 0.15) is 15.4 Å². The summed E-state index contributed by atoms with van der Waals surface area (Å²) in [5.74, 6) is 0.203. The largest absolute Gasteiger partial charge is 0.481 e. The van der Waals surface area contributed by atoms with Crippen molar-refractivity contribution in [1.82, 2.24) is 20.1 Å². The molecule has 0 aromatic carbocycles. The average Bonchev–Trinajstić information content (AvgIpc) is 2.92. The fraction of sp³-hybridized carbons (Fsp3) is 0.385. The molecule has 0 atom stereocenters. The predicted molar refractivity (Wildman–Crippen MR) is 80.9 cm³/mol. The zero-order valence-corrected chi connectivity index (χ0v) is 13.0. The number of ether oxygens (including phenoxy) is 1. The number of rotatable bonds is 6. The van der Waals surface area contributed by atoms with E-state index in [2.05, 4.69) is 25.4 Å². The molecule has 0 fully saturated rings. The van der Waals surface area contributed by atoms with Crippen LogP contribution >= 0.6 is 11.3 Å². The van der Waals surface area contributed by atoms with Crippen molar-refractivity contribution in [1.29, 1.82) is 0 Å². The number of carbonyl (C=O) groups is 1. The van der Waals surface area contributed by atoms with Gasteiger partial charge in [-0.05, 0) is 20.2 Å². The zero-order chi connectivity index (χ0) is 15.2. The van der Waals surface area contributed by atoms with Crippen LogP contribution < -0.4 is 10.1 Å². The van der Waals surface area contributed by atoms with Crippen LogP contribution in [0.25, 0.3) is 0 Å². The molecule has 0 spiro atoms. The molecule has 1 amide bonds. The van der Waals surface area contributed by atoms with Gasteiger partial charge in [-0.3, -0.25) is 10.1 Å². The average molecular weight is 307 g/mol. The van der Waals surface area contributed by atoms with Gasteiger partial charge in [0.25, 0.3) is 5.91 Å². The highest BCUT2D eigenvalue weighted by molar-refractivity contribution is 7.15. The number of carbonyl (C=O) groups excluding carboxylic acids is 1. The Morgan fingerprint density at radius 1 is 1.38 bits per heavy atom. The van der Waals surface area contributed by atoms with Gasteiger partial charge in [0, 0.05) is 25.2 Å². The van der Waals surface area contributed by atoms with Crippen molar-refractivity contribution >= 4 is 22.4 Å². The number of hydrogen-bond acceptors (Lipinski definition) is 7. The van der Waals surface area contributed by atoms with E-state index in [1.807, 2.05) is 14.1 Å². The predicted octanol–water partition coefficient (Wildman–Crippen LogP) is 1.30. The SMILES string of the molecule is COc1ccc(C(=O)Nc2nnc(CCN(C)C)s2)cn1. The van der Waals surface area contributed by atoms with E-state index in [9.17, 15) is 4.79 Å². The number of amides is 1. The second kappa shape index (κ2) is 7.09. The monoisotopic (exact) mass is 307 g/mol. The van der Waals surface area contributed by atoms with E-state index in [1.165, 1.54) is 24.6 Å². The fourth-order valence-corrected chi connectivity index (χ4v) is 2.25. The molecule has 2 aromatic heterocycles. The minimum absolute atomic E-state index is 0.263. The summed E-state index contributed by atoms with van der Waals surface area (Å²) in [7, 11) is 5.53. The number of likely N-dealkylation sites (N-methyl/N-ethyl adjacent to an activating group) is 1. The smallest absolute Gasteiger partial charge is 0.259 e. The molecule has 2 rings (SSSR count). The highest BCUT2D eigenvalue weighted by Crippen LogP contribution is 2.17. The van der Waals surface area contributed by atoms with Gasteiger partial charge in [-0.2, -0.15) is 0 Å². The van der Waals surface area contributed by atoms with E-state index in [-0.39, 0.29) is 5.91 Å². The molecule has 0 aliphatic heterocycles. The number of hydrogen-bond donors (Lipinski definition) is 1. The van der Waals surface area contributed by atoms with E-state index in [0.29, 0.717) is 16.6 Å². The molecular formula is C13H17N5O2S. The van der Waals surface area contributed by atoms with Crippen molar-refractivity contribution in [3.8, 4) is 5.88 Å². The van der Waals surface area contributed by atoms with Gasteiger partial charge < -0.3 is 9.64 Å². The Morgan fingerprint density at radius 3 is 2.81 bits per heavy atom. The maximum atomic E-state index is 12.0. The molecular weight excluding hydrogens is 290 g/mol. The van der Waals surface area contributed by atoms with Gasteiger partial charge >= 0.3 is 0 Å². The molecule has 0 aliphatic carbocycles. The Hall–Kier alpha value is -2.06. The Labute approximate surface area is 127 Å². The van der Waals surface area contributed by atoms with E-state index < -0.39 is 0 Å². The molecule has 0 aliphatic rings. The highest BCUT2D eigenvalue weighted by Gasteiger charge is 2.11. The van der Waals surface area contributed by atoms with Crippen LogP contribution in [0.3, 0.4) is 0 Å². The van der Waals surface area contributed by atoms with Gasteiger partial charge in [0.15, 0.2) is 0 Å². The number of nitrogens with one attached hydrogen (secondary N) is 1. The number of nitrogens with zero attached hydrogens (tertiary/aromatic N) is 4. The first kappa shape index (κ1) is 15.3. The number of methoxy groups -OCH3 is 1. The lowest BCUT2D eigenvalue weighted by Crippen LogP contribution is -2.14. The van der Waals surface area contributed by atoms with Crippen LogP contribution in [0, 0.1) is 0 Å². The summed E-state index contributed by atoms with van der Waals surface area (Å²) in [6.45, 7) is 0.894. The Morgan fingerprint density at radius 2 is 2.19 bits per heavy atom. The second-order valence-electron chi connectivity index (χ2n) is 4.60. The molecule has 2 heterocycles. The van der Waals surface area contributed by atoms with Gasteiger partial charge in [-0.25, -0.2) is 4.98 Å². The maximum absolute atomic E-state index is 12.0. The van der Waals surface area contributed by atoms with E-state index >= 15 is 0 Å². The van der Waals surface area contributed by atoms with Gasteiger partial charge in [-0.1, -0.05) is 11.3 Å². The van der Waals surface area contributed by atoms with Crippen molar-refractivity contribution < 1.29 is 9.53 Å². The van der Waals surface area contributed by atoms with E-state index in [4.69, 9.17) is 4.74 Å². The van der Waals surface area contributed by atoms with Gasteiger partial charge in [0.1, 0.15) is 5.01 Å². The van der Waals surface area contributed by atoms with Crippen LogP contribution in [0.15, 0.2) is 18.3 Å². The highest BCUT2D eigenvalue weighted by atomic mass is 32.1. The Balaban J connectivity index is 1.95. The van der Waals surface area contributed by atoms with Crippen molar-refractivity contribution in [2.45, 2.75) is 6.42 Å². The minimum Gasteiger partial charge on any atom is -0.481 e. The molecule has 112 valence electrons. The van der Waals surface area contributed by atoms with E-state index in [0.717, 1.165) is 18.0 Å². The van der Waals surface area contributed by atoms with Crippen molar-refractivity contribution in [3.05, 3.63) is 28.9 Å². The van der Waals surface area contributed by atoms with Crippen LogP contribution in [0.5, 0.6) is 5.88 Å². The molecule has 0 saturated carbocycles. The molecule has 2 aromatic rings. The third-order valence-electron chi connectivity index (χ3n) is 2.67. The molecule has 8 heteroatoms.